The van der Waals surface area contributed by atoms with Crippen LogP contribution >= 0.6 is 12.4 Å². The Kier molecular flexibility index (Phi) is 2.70. The molecule has 5 N–H and O–H groups in total. The zero-order chi connectivity index (χ0) is 7.78. The molecule has 0 aliphatic heterocycles. The molecule has 0 aromatic heterocycles. The quantitative estimate of drug-likeness (QED) is 0.359. The van der Waals surface area contributed by atoms with Gasteiger partial charge in [-0.25, -0.2) is 4.79 Å². The minimum absolute atomic E-state index is 0. The Bertz CT molecular complexity index is 190. The summed E-state index contributed by atoms with van der Waals surface area (Å²) in [5.74, 6) is -0.0881. The van der Waals surface area contributed by atoms with E-state index in [4.69, 9.17) is 16.2 Å². The maximum atomic E-state index is 10.1. The van der Waals surface area contributed by atoms with E-state index in [1.54, 1.807) is 0 Å². The lowest BCUT2D eigenvalue weighted by Gasteiger charge is -2.11. The van der Waals surface area contributed by atoms with Gasteiger partial charge in [0, 0.05) is 0 Å². The first-order valence-electron chi connectivity index (χ1n) is 2.92. The maximum absolute atomic E-state index is 10.1. The Hall–Kier alpha value is -0.970. The van der Waals surface area contributed by atoms with Crippen LogP contribution in [0.3, 0.4) is 0 Å². The van der Waals surface area contributed by atoms with Gasteiger partial charge in [0.25, 0.3) is 0 Å². The van der Waals surface area contributed by atoms with Crippen LogP contribution in [0.25, 0.3) is 0 Å². The molecule has 1 rings (SSSR count). The van der Waals surface area contributed by atoms with Crippen molar-refractivity contribution in [3.05, 3.63) is 0 Å². The molecule has 1 aliphatic rings. The fourth-order valence-electron chi connectivity index (χ4n) is 0.791. The van der Waals surface area contributed by atoms with Crippen molar-refractivity contribution in [1.29, 1.82) is 5.41 Å². The molecule has 1 fully saturated rings. The first-order valence-corrected chi connectivity index (χ1v) is 2.92. The molecule has 64 valence electrons. The second-order valence-electron chi connectivity index (χ2n) is 2.43. The van der Waals surface area contributed by atoms with Crippen LogP contribution in [0, 0.1) is 5.41 Å². The molecule has 0 unspecified atom stereocenters. The van der Waals surface area contributed by atoms with E-state index in [0.717, 1.165) is 0 Å². The number of hydrogen-bond donors (Lipinski definition) is 4. The predicted molar refractivity (Wildman–Crippen MR) is 42.3 cm³/mol. The molecule has 0 atom stereocenters. The molecule has 0 aromatic carbocycles. The number of carboxylic acid groups (broad SMARTS) is 1. The highest BCUT2D eigenvalue weighted by Gasteiger charge is 2.47. The largest absolute Gasteiger partial charge is 0.465 e. The summed E-state index contributed by atoms with van der Waals surface area (Å²) in [4.78, 5) is 10.1. The molecular formula is C5H10ClN3O2. The molecule has 5 nitrogen and oxygen atoms in total. The summed E-state index contributed by atoms with van der Waals surface area (Å²) < 4.78 is 0. The number of amidine groups is 1. The zero-order valence-corrected chi connectivity index (χ0v) is 6.57. The molecule has 1 aliphatic carbocycles. The molecule has 0 bridgehead atoms. The van der Waals surface area contributed by atoms with Gasteiger partial charge in [-0.3, -0.25) is 5.41 Å². The highest BCUT2D eigenvalue weighted by molar-refractivity contribution is 5.93. The lowest BCUT2D eigenvalue weighted by atomic mass is 10.2. The summed E-state index contributed by atoms with van der Waals surface area (Å²) in [6.45, 7) is 0. The van der Waals surface area contributed by atoms with Gasteiger partial charge in [0.1, 0.15) is 11.4 Å². The molecule has 6 heteroatoms. The van der Waals surface area contributed by atoms with Crippen molar-refractivity contribution in [1.82, 2.24) is 5.32 Å². The van der Waals surface area contributed by atoms with E-state index in [1.165, 1.54) is 0 Å². The molecule has 1 amide bonds. The van der Waals surface area contributed by atoms with Crippen LogP contribution in [0.5, 0.6) is 0 Å². The number of hydrogen-bond acceptors (Lipinski definition) is 2. The molecule has 0 radical (unpaired) electrons. The van der Waals surface area contributed by atoms with Crippen LogP contribution in [-0.2, 0) is 0 Å². The number of nitrogens with one attached hydrogen (secondary N) is 2. The Labute approximate surface area is 69.9 Å². The normalized spacial score (nSPS) is 17.8. The second-order valence-corrected chi connectivity index (χ2v) is 2.43. The fourth-order valence-corrected chi connectivity index (χ4v) is 0.791. The number of amides is 1. The number of carbonyl (C=O) groups is 1. The number of nitrogens with two attached hydrogens (primary N) is 1. The lowest BCUT2D eigenvalue weighted by molar-refractivity contribution is 0.191. The summed E-state index contributed by atoms with van der Waals surface area (Å²) in [6.07, 6.45) is 0.177. The van der Waals surface area contributed by atoms with Crippen LogP contribution in [-0.4, -0.2) is 22.6 Å². The van der Waals surface area contributed by atoms with E-state index in [-0.39, 0.29) is 18.2 Å². The topological polar surface area (TPSA) is 99.2 Å². The Morgan fingerprint density at radius 3 is 2.18 bits per heavy atom. The van der Waals surface area contributed by atoms with Crippen LogP contribution in [0.15, 0.2) is 0 Å². The Balaban J connectivity index is 0.000001000. The molecule has 0 aromatic rings. The zero-order valence-electron chi connectivity index (χ0n) is 5.76. The summed E-state index contributed by atoms with van der Waals surface area (Å²) in [7, 11) is 0. The third-order valence-corrected chi connectivity index (χ3v) is 1.61. The van der Waals surface area contributed by atoms with Crippen molar-refractivity contribution in [2.75, 3.05) is 0 Å². The fraction of sp³-hybridized carbons (Fsp3) is 0.600. The van der Waals surface area contributed by atoms with Crippen molar-refractivity contribution in [3.8, 4) is 0 Å². The van der Waals surface area contributed by atoms with Gasteiger partial charge in [0.05, 0.1) is 0 Å². The molecule has 0 saturated heterocycles. The van der Waals surface area contributed by atoms with Gasteiger partial charge < -0.3 is 16.2 Å². The highest BCUT2D eigenvalue weighted by atomic mass is 35.5. The van der Waals surface area contributed by atoms with Crippen LogP contribution in [0.1, 0.15) is 12.8 Å². The van der Waals surface area contributed by atoms with E-state index in [1.807, 2.05) is 0 Å². The minimum Gasteiger partial charge on any atom is -0.465 e. The number of halogens is 1. The molecule has 0 heterocycles. The Morgan fingerprint density at radius 2 is 2.09 bits per heavy atom. The van der Waals surface area contributed by atoms with Crippen molar-refractivity contribution in [2.24, 2.45) is 5.73 Å². The summed E-state index contributed by atoms with van der Waals surface area (Å²) in [5.41, 5.74) is 4.42. The average molecular weight is 180 g/mol. The van der Waals surface area contributed by atoms with Gasteiger partial charge >= 0.3 is 6.09 Å². The van der Waals surface area contributed by atoms with Crippen molar-refractivity contribution in [3.63, 3.8) is 0 Å². The summed E-state index contributed by atoms with van der Waals surface area (Å²) in [6, 6.07) is 0. The van der Waals surface area contributed by atoms with E-state index in [9.17, 15) is 4.79 Å². The summed E-state index contributed by atoms with van der Waals surface area (Å²) in [5, 5.41) is 17.5. The lowest BCUT2D eigenvalue weighted by Crippen LogP contribution is -2.45. The molecule has 0 spiro atoms. The van der Waals surface area contributed by atoms with Gasteiger partial charge in [0.15, 0.2) is 0 Å². The second kappa shape index (κ2) is 2.96. The Morgan fingerprint density at radius 1 is 1.64 bits per heavy atom. The standard InChI is InChI=1S/C5H9N3O2.ClH/c6-3(7)5(1-2-5)8-4(9)10;/h8H,1-2H2,(H3,6,7)(H,9,10);1H. The molecule has 11 heavy (non-hydrogen) atoms. The van der Waals surface area contributed by atoms with Gasteiger partial charge in [-0.05, 0) is 12.8 Å². The smallest absolute Gasteiger partial charge is 0.405 e. The first-order chi connectivity index (χ1) is 4.57. The van der Waals surface area contributed by atoms with Crippen molar-refractivity contribution >= 4 is 24.3 Å². The van der Waals surface area contributed by atoms with E-state index in [2.05, 4.69) is 5.32 Å². The van der Waals surface area contributed by atoms with E-state index < -0.39 is 11.6 Å². The first kappa shape index (κ1) is 10.0. The highest BCUT2D eigenvalue weighted by Crippen LogP contribution is 2.34. The summed E-state index contributed by atoms with van der Waals surface area (Å²) >= 11 is 0. The SMILES string of the molecule is Cl.N=C(N)C1(NC(=O)O)CC1. The average Bonchev–Trinajstić information content (AvgIpc) is 2.46. The molecule has 1 saturated carbocycles. The number of rotatable bonds is 2. The van der Waals surface area contributed by atoms with Gasteiger partial charge in [0.2, 0.25) is 0 Å². The van der Waals surface area contributed by atoms with Crippen molar-refractivity contribution in [2.45, 2.75) is 18.4 Å². The van der Waals surface area contributed by atoms with Gasteiger partial charge in [-0.2, -0.15) is 0 Å². The van der Waals surface area contributed by atoms with Crippen molar-refractivity contribution < 1.29 is 9.90 Å². The molecular weight excluding hydrogens is 170 g/mol. The van der Waals surface area contributed by atoms with Crippen LogP contribution in [0.4, 0.5) is 4.79 Å². The monoisotopic (exact) mass is 179 g/mol. The minimum atomic E-state index is -1.12. The maximum Gasteiger partial charge on any atom is 0.405 e. The van der Waals surface area contributed by atoms with Gasteiger partial charge in [-0.15, -0.1) is 12.4 Å². The third-order valence-electron chi connectivity index (χ3n) is 1.61. The third kappa shape index (κ3) is 1.98. The predicted octanol–water partition coefficient (Wildman–Crippen LogP) is 0.144. The van der Waals surface area contributed by atoms with E-state index >= 15 is 0 Å². The van der Waals surface area contributed by atoms with E-state index in [0.29, 0.717) is 12.8 Å². The van der Waals surface area contributed by atoms with Crippen LogP contribution < -0.4 is 11.1 Å². The van der Waals surface area contributed by atoms with Gasteiger partial charge in [-0.1, -0.05) is 0 Å². The van der Waals surface area contributed by atoms with Crippen LogP contribution in [0.2, 0.25) is 0 Å².